The number of methoxy groups -OCH3 is 1. The lowest BCUT2D eigenvalue weighted by molar-refractivity contribution is 0.117. The third-order valence-electron chi connectivity index (χ3n) is 5.26. The van der Waals surface area contributed by atoms with Gasteiger partial charge in [0.15, 0.2) is 5.60 Å². The molecule has 2 aromatic carbocycles. The molecule has 2 heterocycles. The summed E-state index contributed by atoms with van der Waals surface area (Å²) in [6.45, 7) is 3.80. The number of halogens is 2. The lowest BCUT2D eigenvalue weighted by Gasteiger charge is -2.30. The minimum absolute atomic E-state index is 0.121. The summed E-state index contributed by atoms with van der Waals surface area (Å²) in [5, 5.41) is 13.7. The van der Waals surface area contributed by atoms with Crippen LogP contribution in [0.1, 0.15) is 30.7 Å². The number of fused-ring (bicyclic) bond motifs is 1. The highest BCUT2D eigenvalue weighted by Gasteiger charge is 2.37. The normalized spacial score (nSPS) is 13.4. The molecule has 0 unspecified atom stereocenters. The molecule has 6 nitrogen and oxygen atoms in total. The molecular formula is C24H23Cl2N3O3. The van der Waals surface area contributed by atoms with E-state index >= 15 is 0 Å². The van der Waals surface area contributed by atoms with Crippen LogP contribution in [0.4, 0.5) is 0 Å². The van der Waals surface area contributed by atoms with Gasteiger partial charge in [0.1, 0.15) is 0 Å². The van der Waals surface area contributed by atoms with Crippen LogP contribution >= 0.6 is 23.2 Å². The van der Waals surface area contributed by atoms with Gasteiger partial charge in [-0.25, -0.2) is 9.97 Å². The molecule has 0 aliphatic carbocycles. The van der Waals surface area contributed by atoms with E-state index in [0.717, 1.165) is 0 Å². The van der Waals surface area contributed by atoms with Crippen LogP contribution in [0.5, 0.6) is 11.6 Å². The highest BCUT2D eigenvalue weighted by atomic mass is 35.5. The van der Waals surface area contributed by atoms with Crippen LogP contribution in [0.2, 0.25) is 10.0 Å². The molecule has 1 N–H and O–H groups in total. The van der Waals surface area contributed by atoms with Crippen LogP contribution in [-0.4, -0.2) is 32.9 Å². The lowest BCUT2D eigenvalue weighted by atomic mass is 9.83. The Morgan fingerprint density at radius 2 is 1.75 bits per heavy atom. The second-order valence-electron chi connectivity index (χ2n) is 7.77. The highest BCUT2D eigenvalue weighted by molar-refractivity contribution is 6.37. The summed E-state index contributed by atoms with van der Waals surface area (Å²) < 4.78 is 13.1. The van der Waals surface area contributed by atoms with Crippen LogP contribution in [0, 0.1) is 0 Å². The zero-order valence-corrected chi connectivity index (χ0v) is 19.6. The van der Waals surface area contributed by atoms with Gasteiger partial charge in [-0.15, -0.1) is 0 Å². The zero-order chi connectivity index (χ0) is 23.0. The number of hydrogen-bond donors (Lipinski definition) is 1. The molecule has 4 rings (SSSR count). The topological polar surface area (TPSA) is 69.4 Å². The van der Waals surface area contributed by atoms with Gasteiger partial charge in [-0.2, -0.15) is 0 Å². The van der Waals surface area contributed by atoms with Crippen molar-refractivity contribution >= 4 is 34.1 Å². The maximum atomic E-state index is 12.1. The van der Waals surface area contributed by atoms with E-state index in [1.165, 1.54) is 7.11 Å². The van der Waals surface area contributed by atoms with Crippen molar-refractivity contribution in [2.45, 2.75) is 25.6 Å². The first-order chi connectivity index (χ1) is 15.3. The quantitative estimate of drug-likeness (QED) is 0.410. The van der Waals surface area contributed by atoms with Gasteiger partial charge in [-0.3, -0.25) is 0 Å². The van der Waals surface area contributed by atoms with Crippen molar-refractivity contribution in [1.29, 1.82) is 0 Å². The molecule has 8 heteroatoms. The summed E-state index contributed by atoms with van der Waals surface area (Å²) in [5.74, 6) is 0.674. The van der Waals surface area contributed by atoms with E-state index in [9.17, 15) is 5.11 Å². The Morgan fingerprint density at radius 3 is 2.34 bits per heavy atom. The minimum Gasteiger partial charge on any atom is -0.484 e. The van der Waals surface area contributed by atoms with Crippen molar-refractivity contribution in [3.63, 3.8) is 0 Å². The van der Waals surface area contributed by atoms with Gasteiger partial charge >= 0.3 is 0 Å². The van der Waals surface area contributed by atoms with Crippen molar-refractivity contribution < 1.29 is 14.6 Å². The number of ether oxygens (including phenoxy) is 2. The summed E-state index contributed by atoms with van der Waals surface area (Å²) in [6.07, 6.45) is 3.16. The highest BCUT2D eigenvalue weighted by Crippen LogP contribution is 2.43. The van der Waals surface area contributed by atoms with Crippen LogP contribution < -0.4 is 9.47 Å². The molecule has 2 aromatic heterocycles. The molecule has 166 valence electrons. The fourth-order valence-corrected chi connectivity index (χ4v) is 4.15. The molecule has 1 atom stereocenters. The first kappa shape index (κ1) is 22.4. The average Bonchev–Trinajstić information content (AvgIpc) is 3.21. The van der Waals surface area contributed by atoms with Gasteiger partial charge in [0.2, 0.25) is 5.75 Å². The first-order valence-electron chi connectivity index (χ1n) is 10.0. The second kappa shape index (κ2) is 8.62. The number of benzene rings is 2. The number of aromatic nitrogens is 3. The number of pyridine rings is 1. The smallest absolute Gasteiger partial charge is 0.258 e. The van der Waals surface area contributed by atoms with Crippen molar-refractivity contribution in [1.82, 2.24) is 14.5 Å². The Morgan fingerprint density at radius 1 is 1.06 bits per heavy atom. The maximum Gasteiger partial charge on any atom is 0.258 e. The summed E-state index contributed by atoms with van der Waals surface area (Å²) in [4.78, 5) is 8.75. The first-order valence-corrected chi connectivity index (χ1v) is 10.8. The van der Waals surface area contributed by atoms with E-state index in [0.29, 0.717) is 49.4 Å². The summed E-state index contributed by atoms with van der Waals surface area (Å²) in [7, 11) is 3.35. The van der Waals surface area contributed by atoms with E-state index in [-0.39, 0.29) is 6.10 Å². The third-order valence-corrected chi connectivity index (χ3v) is 5.89. The maximum absolute atomic E-state index is 12.1. The van der Waals surface area contributed by atoms with Gasteiger partial charge in [-0.05, 0) is 49.2 Å². The van der Waals surface area contributed by atoms with Crippen molar-refractivity contribution in [2.24, 2.45) is 7.05 Å². The number of nitrogens with zero attached hydrogens (tertiary/aromatic N) is 3. The molecule has 0 radical (unpaired) electrons. The van der Waals surface area contributed by atoms with Crippen LogP contribution in [0.15, 0.2) is 55.0 Å². The van der Waals surface area contributed by atoms with E-state index in [4.69, 9.17) is 32.7 Å². The van der Waals surface area contributed by atoms with Crippen LogP contribution in [0.25, 0.3) is 10.9 Å². The number of imidazole rings is 1. The third kappa shape index (κ3) is 3.79. The predicted octanol–water partition coefficient (Wildman–Crippen LogP) is 5.36. The Kier molecular flexibility index (Phi) is 6.03. The molecule has 0 saturated carbocycles. The molecule has 0 spiro atoms. The Balaban J connectivity index is 1.99. The number of aryl methyl sites for hydroxylation is 1. The predicted molar refractivity (Wildman–Crippen MR) is 126 cm³/mol. The Labute approximate surface area is 196 Å². The van der Waals surface area contributed by atoms with Gasteiger partial charge < -0.3 is 19.1 Å². The molecule has 32 heavy (non-hydrogen) atoms. The Bertz CT molecular complexity index is 1270. The van der Waals surface area contributed by atoms with Crippen molar-refractivity contribution in [3.8, 4) is 11.6 Å². The molecule has 0 bridgehead atoms. The van der Waals surface area contributed by atoms with Crippen LogP contribution in [0.3, 0.4) is 0 Å². The number of aliphatic hydroxyl groups is 1. The van der Waals surface area contributed by atoms with E-state index in [1.54, 1.807) is 47.4 Å². The monoisotopic (exact) mass is 471 g/mol. The fourth-order valence-electron chi connectivity index (χ4n) is 3.75. The van der Waals surface area contributed by atoms with Crippen molar-refractivity contribution in [2.75, 3.05) is 7.11 Å². The number of rotatable bonds is 6. The van der Waals surface area contributed by atoms with E-state index in [1.807, 2.05) is 33.0 Å². The SMILES string of the molecule is COc1nc2ccc([C@](O)(c3ccc(Cl)cc3)c3cncn3C)cc2c(Cl)c1OC(C)C. The second-order valence-corrected chi connectivity index (χ2v) is 8.58. The van der Waals surface area contributed by atoms with Crippen LogP contribution in [-0.2, 0) is 12.6 Å². The van der Waals surface area contributed by atoms with Gasteiger partial charge in [0.25, 0.3) is 5.88 Å². The lowest BCUT2D eigenvalue weighted by Crippen LogP contribution is -2.31. The van der Waals surface area contributed by atoms with E-state index in [2.05, 4.69) is 9.97 Å². The van der Waals surface area contributed by atoms with Gasteiger partial charge in [-0.1, -0.05) is 41.4 Å². The molecule has 0 aliphatic rings. The molecule has 4 aromatic rings. The summed E-state index contributed by atoms with van der Waals surface area (Å²) in [5.41, 5.74) is 0.943. The summed E-state index contributed by atoms with van der Waals surface area (Å²) >= 11 is 12.9. The molecule has 0 saturated heterocycles. The van der Waals surface area contributed by atoms with Gasteiger partial charge in [0.05, 0.1) is 42.0 Å². The van der Waals surface area contributed by atoms with E-state index < -0.39 is 5.60 Å². The molecule has 0 aliphatic heterocycles. The average molecular weight is 472 g/mol. The zero-order valence-electron chi connectivity index (χ0n) is 18.1. The van der Waals surface area contributed by atoms with Gasteiger partial charge in [0, 0.05) is 17.5 Å². The fraction of sp³-hybridized carbons (Fsp3) is 0.250. The minimum atomic E-state index is -1.51. The van der Waals surface area contributed by atoms with Crippen molar-refractivity contribution in [3.05, 3.63) is 81.9 Å². The Hall–Kier alpha value is -2.80. The largest absolute Gasteiger partial charge is 0.484 e. The molecule has 0 fully saturated rings. The molecule has 0 amide bonds. The standard InChI is InChI=1S/C24H23Cl2N3O3/c1-14(2)32-22-21(26)18-11-16(7-10-19(18)28-23(22)31-4)24(30,20-12-27-13-29(20)3)15-5-8-17(25)9-6-15/h5-14,30H,1-4H3/t24-/m1/s1. The number of hydrogen-bond acceptors (Lipinski definition) is 5. The summed E-state index contributed by atoms with van der Waals surface area (Å²) in [6, 6.07) is 12.5. The molecular weight excluding hydrogens is 449 g/mol.